The number of hydrogen-bond acceptors (Lipinski definition) is 4. The number of anilines is 1. The number of benzene rings is 2. The Kier molecular flexibility index (Phi) is 6.95. The Bertz CT molecular complexity index is 720. The summed E-state index contributed by atoms with van der Waals surface area (Å²) in [5, 5.41) is 3.38. The molecule has 0 aliphatic carbocycles. The van der Waals surface area contributed by atoms with Gasteiger partial charge in [0.1, 0.15) is 17.2 Å². The van der Waals surface area contributed by atoms with Gasteiger partial charge in [-0.1, -0.05) is 17.7 Å². The van der Waals surface area contributed by atoms with Crippen molar-refractivity contribution < 1.29 is 19.0 Å². The summed E-state index contributed by atoms with van der Waals surface area (Å²) in [5.74, 6) is 1.47. The molecule has 25 heavy (non-hydrogen) atoms. The Morgan fingerprint density at radius 2 is 1.84 bits per heavy atom. The molecule has 0 unspecified atom stereocenters. The van der Waals surface area contributed by atoms with Gasteiger partial charge in [-0.2, -0.15) is 0 Å². The fourth-order valence-corrected chi connectivity index (χ4v) is 2.36. The van der Waals surface area contributed by atoms with Gasteiger partial charge in [0, 0.05) is 11.1 Å². The van der Waals surface area contributed by atoms with E-state index in [4.69, 9.17) is 25.8 Å². The summed E-state index contributed by atoms with van der Waals surface area (Å²) in [6.45, 7) is 6.48. The molecule has 2 aromatic carbocycles. The maximum Gasteiger partial charge on any atom is 0.265 e. The molecule has 1 N–H and O–H groups in total. The van der Waals surface area contributed by atoms with Gasteiger partial charge in [0.2, 0.25) is 0 Å². The fourth-order valence-electron chi connectivity index (χ4n) is 2.18. The van der Waals surface area contributed by atoms with Gasteiger partial charge in [0.25, 0.3) is 5.91 Å². The third-order valence-electron chi connectivity index (χ3n) is 3.30. The highest BCUT2D eigenvalue weighted by molar-refractivity contribution is 6.30. The van der Waals surface area contributed by atoms with Crippen LogP contribution in [0.2, 0.25) is 5.02 Å². The number of rotatable bonds is 8. The van der Waals surface area contributed by atoms with Crippen molar-refractivity contribution in [2.24, 2.45) is 0 Å². The number of hydrogen-bond donors (Lipinski definition) is 1. The van der Waals surface area contributed by atoms with Gasteiger partial charge >= 0.3 is 0 Å². The van der Waals surface area contributed by atoms with Crippen LogP contribution in [-0.4, -0.2) is 25.2 Å². The van der Waals surface area contributed by atoms with Crippen LogP contribution in [0.25, 0.3) is 0 Å². The van der Waals surface area contributed by atoms with Crippen molar-refractivity contribution in [1.82, 2.24) is 0 Å². The van der Waals surface area contributed by atoms with E-state index in [0.717, 1.165) is 0 Å². The topological polar surface area (TPSA) is 56.8 Å². The molecule has 0 fully saturated rings. The molecule has 2 aromatic rings. The normalized spacial score (nSPS) is 11.5. The summed E-state index contributed by atoms with van der Waals surface area (Å²) < 4.78 is 16.7. The van der Waals surface area contributed by atoms with Crippen molar-refractivity contribution in [1.29, 1.82) is 0 Å². The SMILES string of the molecule is CCOc1ccc(OCC)c(NC(=O)[C@H](C)Oc2cccc(Cl)c2)c1. The lowest BCUT2D eigenvalue weighted by atomic mass is 10.2. The van der Waals surface area contributed by atoms with Crippen LogP contribution in [0, 0.1) is 0 Å². The number of carbonyl (C=O) groups is 1. The molecule has 1 amide bonds. The molecular formula is C19H22ClNO4. The molecule has 0 aromatic heterocycles. The quantitative estimate of drug-likeness (QED) is 0.747. The summed E-state index contributed by atoms with van der Waals surface area (Å²) in [6.07, 6.45) is -0.705. The van der Waals surface area contributed by atoms with Gasteiger partial charge in [-0.15, -0.1) is 0 Å². The standard InChI is InChI=1S/C19H22ClNO4/c1-4-23-15-9-10-18(24-5-2)17(12-15)21-19(22)13(3)25-16-8-6-7-14(20)11-16/h6-13H,4-5H2,1-3H3,(H,21,22)/t13-/m0/s1. The van der Waals surface area contributed by atoms with E-state index >= 15 is 0 Å². The molecule has 0 aliphatic rings. The highest BCUT2D eigenvalue weighted by atomic mass is 35.5. The molecule has 6 heteroatoms. The zero-order valence-electron chi connectivity index (χ0n) is 14.5. The van der Waals surface area contributed by atoms with Crippen LogP contribution in [0.5, 0.6) is 17.2 Å². The summed E-state index contributed by atoms with van der Waals surface area (Å²) in [4.78, 5) is 12.5. The van der Waals surface area contributed by atoms with Crippen molar-refractivity contribution >= 4 is 23.2 Å². The lowest BCUT2D eigenvalue weighted by Crippen LogP contribution is -2.30. The summed E-state index contributed by atoms with van der Waals surface area (Å²) in [6, 6.07) is 12.2. The molecular weight excluding hydrogens is 342 g/mol. The zero-order valence-corrected chi connectivity index (χ0v) is 15.3. The predicted octanol–water partition coefficient (Wildman–Crippen LogP) is 4.54. The van der Waals surface area contributed by atoms with Crippen molar-refractivity contribution in [3.8, 4) is 17.2 Å². The summed E-state index contributed by atoms with van der Waals surface area (Å²) in [7, 11) is 0. The van der Waals surface area contributed by atoms with Gasteiger partial charge < -0.3 is 19.5 Å². The Morgan fingerprint density at radius 3 is 2.52 bits per heavy atom. The smallest absolute Gasteiger partial charge is 0.265 e. The largest absolute Gasteiger partial charge is 0.494 e. The van der Waals surface area contributed by atoms with E-state index in [0.29, 0.717) is 41.2 Å². The molecule has 5 nitrogen and oxygen atoms in total. The molecule has 0 radical (unpaired) electrons. The van der Waals surface area contributed by atoms with Gasteiger partial charge in [-0.3, -0.25) is 4.79 Å². The number of halogens is 1. The van der Waals surface area contributed by atoms with E-state index < -0.39 is 6.10 Å². The summed E-state index contributed by atoms with van der Waals surface area (Å²) in [5.41, 5.74) is 0.541. The molecule has 0 saturated carbocycles. The summed E-state index contributed by atoms with van der Waals surface area (Å²) >= 11 is 5.93. The Hall–Kier alpha value is -2.40. The average molecular weight is 364 g/mol. The van der Waals surface area contributed by atoms with Crippen LogP contribution in [0.3, 0.4) is 0 Å². The Balaban J connectivity index is 2.10. The lowest BCUT2D eigenvalue weighted by Gasteiger charge is -2.17. The van der Waals surface area contributed by atoms with Crippen LogP contribution in [-0.2, 0) is 4.79 Å². The Labute approximate surface area is 152 Å². The lowest BCUT2D eigenvalue weighted by molar-refractivity contribution is -0.122. The van der Waals surface area contributed by atoms with Crippen LogP contribution >= 0.6 is 11.6 Å². The second-order valence-corrected chi connectivity index (χ2v) is 5.67. The van der Waals surface area contributed by atoms with Gasteiger partial charge in [0.15, 0.2) is 6.10 Å². The van der Waals surface area contributed by atoms with Crippen LogP contribution in [0.4, 0.5) is 5.69 Å². The van der Waals surface area contributed by atoms with Crippen LogP contribution in [0.1, 0.15) is 20.8 Å². The highest BCUT2D eigenvalue weighted by Crippen LogP contribution is 2.30. The minimum atomic E-state index is -0.705. The predicted molar refractivity (Wildman–Crippen MR) is 99.0 cm³/mol. The first-order chi connectivity index (χ1) is 12.0. The zero-order chi connectivity index (χ0) is 18.2. The van der Waals surface area contributed by atoms with Crippen LogP contribution in [0.15, 0.2) is 42.5 Å². The highest BCUT2D eigenvalue weighted by Gasteiger charge is 2.17. The minimum absolute atomic E-state index is 0.297. The maximum absolute atomic E-state index is 12.5. The molecule has 0 saturated heterocycles. The second-order valence-electron chi connectivity index (χ2n) is 5.23. The van der Waals surface area contributed by atoms with Gasteiger partial charge in [-0.25, -0.2) is 0 Å². The molecule has 0 spiro atoms. The molecule has 1 atom stereocenters. The molecule has 0 aliphatic heterocycles. The Morgan fingerprint density at radius 1 is 1.08 bits per heavy atom. The van der Waals surface area contributed by atoms with E-state index in [9.17, 15) is 4.79 Å². The van der Waals surface area contributed by atoms with E-state index in [2.05, 4.69) is 5.32 Å². The van der Waals surface area contributed by atoms with Crippen LogP contribution < -0.4 is 19.5 Å². The number of ether oxygens (including phenoxy) is 3. The number of carbonyl (C=O) groups excluding carboxylic acids is 1. The first-order valence-electron chi connectivity index (χ1n) is 8.16. The van der Waals surface area contributed by atoms with Gasteiger partial charge in [0.05, 0.1) is 18.9 Å². The van der Waals surface area contributed by atoms with Crippen molar-refractivity contribution in [3.63, 3.8) is 0 Å². The van der Waals surface area contributed by atoms with E-state index in [1.165, 1.54) is 0 Å². The van der Waals surface area contributed by atoms with E-state index in [1.54, 1.807) is 49.4 Å². The second kappa shape index (κ2) is 9.18. The van der Waals surface area contributed by atoms with Crippen molar-refractivity contribution in [2.75, 3.05) is 18.5 Å². The first-order valence-corrected chi connectivity index (χ1v) is 8.54. The van der Waals surface area contributed by atoms with Crippen molar-refractivity contribution in [3.05, 3.63) is 47.5 Å². The first kappa shape index (κ1) is 18.9. The molecule has 0 heterocycles. The fraction of sp³-hybridized carbons (Fsp3) is 0.316. The van der Waals surface area contributed by atoms with E-state index in [1.807, 2.05) is 13.8 Å². The average Bonchev–Trinajstić information content (AvgIpc) is 2.57. The van der Waals surface area contributed by atoms with Gasteiger partial charge in [-0.05, 0) is 51.1 Å². The third kappa shape index (κ3) is 5.57. The third-order valence-corrected chi connectivity index (χ3v) is 3.53. The van der Waals surface area contributed by atoms with E-state index in [-0.39, 0.29) is 5.91 Å². The maximum atomic E-state index is 12.5. The molecule has 0 bridgehead atoms. The minimum Gasteiger partial charge on any atom is -0.494 e. The number of amides is 1. The van der Waals surface area contributed by atoms with Crippen molar-refractivity contribution in [2.45, 2.75) is 26.9 Å². The molecule has 2 rings (SSSR count). The monoisotopic (exact) mass is 363 g/mol. The molecule has 134 valence electrons. The number of nitrogens with one attached hydrogen (secondary N) is 1.